The van der Waals surface area contributed by atoms with Crippen molar-refractivity contribution < 1.29 is 17.3 Å². The van der Waals surface area contributed by atoms with Crippen molar-refractivity contribution in [2.75, 3.05) is 33.2 Å². The van der Waals surface area contributed by atoms with Crippen LogP contribution in [0.2, 0.25) is 5.02 Å². The highest BCUT2D eigenvalue weighted by atomic mass is 127. The molecule has 0 unspecified atom stereocenters. The lowest BCUT2D eigenvalue weighted by molar-refractivity contribution is 0.259. The van der Waals surface area contributed by atoms with Crippen molar-refractivity contribution in [1.82, 2.24) is 19.7 Å². The van der Waals surface area contributed by atoms with E-state index in [1.807, 2.05) is 4.90 Å². The van der Waals surface area contributed by atoms with Gasteiger partial charge >= 0.3 is 0 Å². The lowest BCUT2D eigenvalue weighted by Gasteiger charge is -2.35. The van der Waals surface area contributed by atoms with E-state index in [9.17, 15) is 12.8 Å². The molecule has 0 saturated carbocycles. The summed E-state index contributed by atoms with van der Waals surface area (Å²) in [5.41, 5.74) is 1.21. The van der Waals surface area contributed by atoms with Gasteiger partial charge in [-0.25, -0.2) is 12.8 Å². The number of guanidine groups is 1. The molecule has 8 nitrogen and oxygen atoms in total. The van der Waals surface area contributed by atoms with Gasteiger partial charge in [-0.1, -0.05) is 22.8 Å². The van der Waals surface area contributed by atoms with Crippen LogP contribution in [0.3, 0.4) is 0 Å². The third kappa shape index (κ3) is 6.27. The maximum absolute atomic E-state index is 13.3. The SMILES string of the molecule is CN=C(NCc1ccc(F)c(Cl)c1)N1CCN(S(=O)(=O)Cc2ccon2)CC1.I. The number of rotatable bonds is 5. The van der Waals surface area contributed by atoms with Crippen LogP contribution in [0.15, 0.2) is 40.0 Å². The molecule has 2 heterocycles. The lowest BCUT2D eigenvalue weighted by Crippen LogP contribution is -2.53. The van der Waals surface area contributed by atoms with E-state index in [1.54, 1.807) is 25.2 Å². The normalized spacial score (nSPS) is 15.8. The minimum absolute atomic E-state index is 0. The van der Waals surface area contributed by atoms with Crippen molar-refractivity contribution in [1.29, 1.82) is 0 Å². The van der Waals surface area contributed by atoms with E-state index < -0.39 is 15.8 Å². The molecule has 29 heavy (non-hydrogen) atoms. The molecule has 160 valence electrons. The Morgan fingerprint density at radius 1 is 1.31 bits per heavy atom. The highest BCUT2D eigenvalue weighted by Crippen LogP contribution is 2.16. The third-order valence-corrected chi connectivity index (χ3v) is 6.50. The standard InChI is InChI=1S/C17H21ClFN5O3S.HI/c1-20-17(21-11-13-2-3-16(19)15(18)10-13)23-5-7-24(8-6-23)28(25,26)12-14-4-9-27-22-14;/h2-4,9-10H,5-8,11-12H2,1H3,(H,20,21);1H. The maximum atomic E-state index is 13.3. The fourth-order valence-corrected chi connectivity index (χ4v) is 4.56. The molecule has 0 bridgehead atoms. The Bertz CT molecular complexity index is 935. The van der Waals surface area contributed by atoms with Gasteiger partial charge in [0.25, 0.3) is 0 Å². The quantitative estimate of drug-likeness (QED) is 0.345. The largest absolute Gasteiger partial charge is 0.364 e. The number of nitrogens with one attached hydrogen (secondary N) is 1. The summed E-state index contributed by atoms with van der Waals surface area (Å²) >= 11 is 5.81. The fourth-order valence-electron chi connectivity index (χ4n) is 2.93. The second-order valence-electron chi connectivity index (χ2n) is 6.28. The third-order valence-electron chi connectivity index (χ3n) is 4.40. The van der Waals surface area contributed by atoms with Gasteiger partial charge in [-0.3, -0.25) is 4.99 Å². The van der Waals surface area contributed by atoms with Gasteiger partial charge in [-0.2, -0.15) is 4.31 Å². The Kier molecular flexibility index (Phi) is 8.67. The maximum Gasteiger partial charge on any atom is 0.220 e. The lowest BCUT2D eigenvalue weighted by atomic mass is 10.2. The van der Waals surface area contributed by atoms with E-state index in [-0.39, 0.29) is 34.8 Å². The average molecular weight is 558 g/mol. The van der Waals surface area contributed by atoms with Gasteiger partial charge in [0.15, 0.2) is 5.96 Å². The van der Waals surface area contributed by atoms with Gasteiger partial charge in [0.2, 0.25) is 10.0 Å². The van der Waals surface area contributed by atoms with E-state index in [4.69, 9.17) is 16.1 Å². The van der Waals surface area contributed by atoms with Crippen LogP contribution in [0.1, 0.15) is 11.3 Å². The van der Waals surface area contributed by atoms with E-state index in [2.05, 4.69) is 15.5 Å². The first-order valence-electron chi connectivity index (χ1n) is 8.65. The summed E-state index contributed by atoms with van der Waals surface area (Å²) in [5, 5.41) is 6.93. The Balaban J connectivity index is 0.00000300. The Hall–Kier alpha value is -1.44. The van der Waals surface area contributed by atoms with Crippen LogP contribution < -0.4 is 5.32 Å². The number of piperazine rings is 1. The monoisotopic (exact) mass is 557 g/mol. The van der Waals surface area contributed by atoms with Gasteiger partial charge in [-0.05, 0) is 17.7 Å². The molecule has 1 aromatic heterocycles. The molecule has 0 aliphatic carbocycles. The zero-order valence-electron chi connectivity index (χ0n) is 15.7. The van der Waals surface area contributed by atoms with E-state index in [0.29, 0.717) is 44.4 Å². The van der Waals surface area contributed by atoms with Crippen molar-refractivity contribution in [3.8, 4) is 0 Å². The van der Waals surface area contributed by atoms with Gasteiger partial charge < -0.3 is 14.7 Å². The summed E-state index contributed by atoms with van der Waals surface area (Å²) < 4.78 is 44.4. The first-order chi connectivity index (χ1) is 13.4. The molecule has 2 aromatic rings. The summed E-state index contributed by atoms with van der Waals surface area (Å²) in [6.07, 6.45) is 1.35. The second kappa shape index (κ2) is 10.5. The van der Waals surface area contributed by atoms with Crippen LogP contribution in [0.25, 0.3) is 0 Å². The first-order valence-corrected chi connectivity index (χ1v) is 10.6. The number of hydrogen-bond donors (Lipinski definition) is 1. The Morgan fingerprint density at radius 3 is 2.62 bits per heavy atom. The summed E-state index contributed by atoms with van der Waals surface area (Å²) in [5.74, 6) is 0.00803. The van der Waals surface area contributed by atoms with Gasteiger partial charge in [0.05, 0.1) is 10.7 Å². The van der Waals surface area contributed by atoms with E-state index in [1.165, 1.54) is 16.6 Å². The fraction of sp³-hybridized carbons (Fsp3) is 0.412. The minimum atomic E-state index is -3.45. The van der Waals surface area contributed by atoms with Gasteiger partial charge in [0.1, 0.15) is 17.8 Å². The second-order valence-corrected chi connectivity index (χ2v) is 8.66. The highest BCUT2D eigenvalue weighted by molar-refractivity contribution is 14.0. The number of benzene rings is 1. The topological polar surface area (TPSA) is 91.0 Å². The molecule has 0 spiro atoms. The smallest absolute Gasteiger partial charge is 0.220 e. The summed E-state index contributed by atoms with van der Waals surface area (Å²) in [6.45, 7) is 2.13. The van der Waals surface area contributed by atoms with Crippen molar-refractivity contribution in [2.24, 2.45) is 4.99 Å². The molecule has 1 fully saturated rings. The van der Waals surface area contributed by atoms with Crippen LogP contribution >= 0.6 is 35.6 Å². The average Bonchev–Trinajstić information content (AvgIpc) is 3.18. The van der Waals surface area contributed by atoms with Crippen LogP contribution in [0, 0.1) is 5.82 Å². The van der Waals surface area contributed by atoms with E-state index >= 15 is 0 Å². The molecule has 0 radical (unpaired) electrons. The number of nitrogens with zero attached hydrogens (tertiary/aromatic N) is 4. The number of aliphatic imine (C=N–C) groups is 1. The molecule has 1 aliphatic heterocycles. The van der Waals surface area contributed by atoms with Gasteiger partial charge in [-0.15, -0.1) is 24.0 Å². The predicted octanol–water partition coefficient (Wildman–Crippen LogP) is 2.31. The predicted molar refractivity (Wildman–Crippen MR) is 119 cm³/mol. The molecule has 1 N–H and O–H groups in total. The molecule has 1 aliphatic rings. The highest BCUT2D eigenvalue weighted by Gasteiger charge is 2.28. The molecule has 3 rings (SSSR count). The van der Waals surface area contributed by atoms with Crippen molar-refractivity contribution in [3.05, 3.63) is 52.6 Å². The van der Waals surface area contributed by atoms with Crippen molar-refractivity contribution >= 4 is 51.6 Å². The van der Waals surface area contributed by atoms with Crippen molar-refractivity contribution in [2.45, 2.75) is 12.3 Å². The number of hydrogen-bond acceptors (Lipinski definition) is 5. The number of sulfonamides is 1. The van der Waals surface area contributed by atoms with E-state index in [0.717, 1.165) is 5.56 Å². The number of aromatic nitrogens is 1. The van der Waals surface area contributed by atoms with Crippen LogP contribution in [0.5, 0.6) is 0 Å². The molecular weight excluding hydrogens is 536 g/mol. The summed E-state index contributed by atoms with van der Waals surface area (Å²) in [6, 6.07) is 6.07. The molecule has 1 saturated heterocycles. The molecule has 0 amide bonds. The Labute approximate surface area is 191 Å². The molecule has 12 heteroatoms. The van der Waals surface area contributed by atoms with Crippen molar-refractivity contribution in [3.63, 3.8) is 0 Å². The molecule has 1 aromatic carbocycles. The zero-order valence-corrected chi connectivity index (χ0v) is 19.6. The minimum Gasteiger partial charge on any atom is -0.364 e. The molecule has 0 atom stereocenters. The van der Waals surface area contributed by atoms with Crippen LogP contribution in [0.4, 0.5) is 4.39 Å². The van der Waals surface area contributed by atoms with Gasteiger partial charge in [0, 0.05) is 45.8 Å². The number of halogens is 3. The molecular formula is C17H22ClFIN5O3S. The summed E-state index contributed by atoms with van der Waals surface area (Å²) in [7, 11) is -1.79. The summed E-state index contributed by atoms with van der Waals surface area (Å²) in [4.78, 5) is 6.23. The Morgan fingerprint density at radius 2 is 2.03 bits per heavy atom. The zero-order chi connectivity index (χ0) is 20.1. The van der Waals surface area contributed by atoms with Crippen LogP contribution in [-0.4, -0.2) is 62.0 Å². The first kappa shape index (κ1) is 23.8. The van der Waals surface area contributed by atoms with Crippen LogP contribution in [-0.2, 0) is 22.3 Å².